The van der Waals surface area contributed by atoms with Crippen LogP contribution in [0, 0.1) is 0 Å². The van der Waals surface area contributed by atoms with Crippen molar-refractivity contribution in [2.75, 3.05) is 13.7 Å². The first kappa shape index (κ1) is 18.0. The highest BCUT2D eigenvalue weighted by molar-refractivity contribution is 9.10. The summed E-state index contributed by atoms with van der Waals surface area (Å²) in [6, 6.07) is 10.4. The molecule has 0 amide bonds. The van der Waals surface area contributed by atoms with E-state index in [1.165, 1.54) is 13.2 Å². The standard InChI is InChI=1S/C18H18BrNO4/c1-23-15-9-13(3-2-8-20)17(16(21)10-15)18(22)24-11-12-4-6-14(19)7-5-12/h2-7,9-10,21H,8,11,20H2,1H3/b3-2+. The van der Waals surface area contributed by atoms with Crippen molar-refractivity contribution >= 4 is 28.0 Å². The minimum atomic E-state index is -0.616. The summed E-state index contributed by atoms with van der Waals surface area (Å²) in [6.45, 7) is 0.420. The molecule has 5 nitrogen and oxygen atoms in total. The summed E-state index contributed by atoms with van der Waals surface area (Å²) < 4.78 is 11.4. The highest BCUT2D eigenvalue weighted by Crippen LogP contribution is 2.29. The van der Waals surface area contributed by atoms with Crippen LogP contribution < -0.4 is 10.5 Å². The third-order valence-corrected chi connectivity index (χ3v) is 3.81. The van der Waals surface area contributed by atoms with Gasteiger partial charge in [0.05, 0.1) is 7.11 Å². The van der Waals surface area contributed by atoms with Gasteiger partial charge in [0.2, 0.25) is 0 Å². The Morgan fingerprint density at radius 1 is 1.29 bits per heavy atom. The van der Waals surface area contributed by atoms with Gasteiger partial charge in [-0.15, -0.1) is 0 Å². The molecule has 2 aromatic carbocycles. The van der Waals surface area contributed by atoms with Gasteiger partial charge in [-0.1, -0.05) is 40.2 Å². The van der Waals surface area contributed by atoms with Crippen molar-refractivity contribution in [3.63, 3.8) is 0 Å². The molecule has 0 saturated carbocycles. The molecule has 0 bridgehead atoms. The predicted octanol–water partition coefficient (Wildman–Crippen LogP) is 3.49. The first-order valence-corrected chi connectivity index (χ1v) is 8.03. The number of halogens is 1. The zero-order valence-electron chi connectivity index (χ0n) is 13.2. The van der Waals surface area contributed by atoms with E-state index in [-0.39, 0.29) is 17.9 Å². The highest BCUT2D eigenvalue weighted by atomic mass is 79.9. The van der Waals surface area contributed by atoms with Gasteiger partial charge in [-0.05, 0) is 29.3 Å². The van der Waals surface area contributed by atoms with Gasteiger partial charge in [0.15, 0.2) is 0 Å². The van der Waals surface area contributed by atoms with Gasteiger partial charge in [-0.3, -0.25) is 0 Å². The number of methoxy groups -OCH3 is 1. The molecule has 0 aliphatic carbocycles. The van der Waals surface area contributed by atoms with Crippen LogP contribution >= 0.6 is 15.9 Å². The SMILES string of the molecule is COc1cc(O)c(C(=O)OCc2ccc(Br)cc2)c(/C=C/CN)c1. The van der Waals surface area contributed by atoms with Crippen molar-refractivity contribution in [1.29, 1.82) is 0 Å². The lowest BCUT2D eigenvalue weighted by atomic mass is 10.0. The van der Waals surface area contributed by atoms with Crippen LogP contribution in [0.4, 0.5) is 0 Å². The van der Waals surface area contributed by atoms with E-state index >= 15 is 0 Å². The minimum absolute atomic E-state index is 0.0811. The van der Waals surface area contributed by atoms with E-state index < -0.39 is 5.97 Å². The summed E-state index contributed by atoms with van der Waals surface area (Å²) in [5, 5.41) is 10.2. The van der Waals surface area contributed by atoms with E-state index in [1.807, 2.05) is 24.3 Å². The summed E-state index contributed by atoms with van der Waals surface area (Å²) in [7, 11) is 1.48. The molecular formula is C18H18BrNO4. The normalized spacial score (nSPS) is 10.8. The topological polar surface area (TPSA) is 81.8 Å². The summed E-state index contributed by atoms with van der Waals surface area (Å²) in [5.41, 5.74) is 6.87. The molecule has 2 aromatic rings. The Balaban J connectivity index is 2.23. The van der Waals surface area contributed by atoms with Gasteiger partial charge >= 0.3 is 5.97 Å². The van der Waals surface area contributed by atoms with E-state index in [1.54, 1.807) is 18.2 Å². The van der Waals surface area contributed by atoms with Crippen molar-refractivity contribution in [3.05, 3.63) is 63.6 Å². The molecule has 0 aromatic heterocycles. The number of carbonyl (C=O) groups is 1. The maximum Gasteiger partial charge on any atom is 0.342 e. The second-order valence-corrected chi connectivity index (χ2v) is 5.87. The van der Waals surface area contributed by atoms with Crippen molar-refractivity contribution in [2.24, 2.45) is 5.73 Å². The van der Waals surface area contributed by atoms with Crippen LogP contribution in [-0.4, -0.2) is 24.7 Å². The molecule has 2 rings (SSSR count). The quantitative estimate of drug-likeness (QED) is 0.736. The molecule has 6 heteroatoms. The molecule has 0 spiro atoms. The number of phenolic OH excluding ortho intramolecular Hbond substituents is 1. The fraction of sp³-hybridized carbons (Fsp3) is 0.167. The maximum atomic E-state index is 12.4. The second kappa shape index (κ2) is 8.52. The zero-order valence-corrected chi connectivity index (χ0v) is 14.7. The lowest BCUT2D eigenvalue weighted by Gasteiger charge is -2.11. The van der Waals surface area contributed by atoms with Crippen molar-refractivity contribution in [1.82, 2.24) is 0 Å². The van der Waals surface area contributed by atoms with Crippen LogP contribution in [0.1, 0.15) is 21.5 Å². The summed E-state index contributed by atoms with van der Waals surface area (Å²) in [5.74, 6) is -0.379. The fourth-order valence-electron chi connectivity index (χ4n) is 2.09. The smallest absolute Gasteiger partial charge is 0.342 e. The van der Waals surface area contributed by atoms with E-state index in [0.717, 1.165) is 10.0 Å². The maximum absolute atomic E-state index is 12.4. The average Bonchev–Trinajstić information content (AvgIpc) is 2.58. The van der Waals surface area contributed by atoms with Crippen LogP contribution in [0.15, 0.2) is 46.9 Å². The number of hydrogen-bond acceptors (Lipinski definition) is 5. The predicted molar refractivity (Wildman–Crippen MR) is 96.0 cm³/mol. The molecular weight excluding hydrogens is 374 g/mol. The summed E-state index contributed by atoms with van der Waals surface area (Å²) >= 11 is 3.35. The zero-order chi connectivity index (χ0) is 17.5. The monoisotopic (exact) mass is 391 g/mol. The molecule has 0 aliphatic rings. The van der Waals surface area contributed by atoms with E-state index in [9.17, 15) is 9.90 Å². The first-order valence-electron chi connectivity index (χ1n) is 7.24. The molecule has 0 fully saturated rings. The van der Waals surface area contributed by atoms with Gasteiger partial charge in [-0.2, -0.15) is 0 Å². The van der Waals surface area contributed by atoms with E-state index in [4.69, 9.17) is 15.2 Å². The molecule has 3 N–H and O–H groups in total. The van der Waals surface area contributed by atoms with Gasteiger partial charge in [0.1, 0.15) is 23.7 Å². The summed E-state index contributed by atoms with van der Waals surface area (Å²) in [6.07, 6.45) is 3.33. The molecule has 24 heavy (non-hydrogen) atoms. The number of esters is 1. The number of carbonyl (C=O) groups excluding carboxylic acids is 1. The Morgan fingerprint density at radius 2 is 2.00 bits per heavy atom. The number of rotatable bonds is 6. The Hall–Kier alpha value is -2.31. The molecule has 0 saturated heterocycles. The van der Waals surface area contributed by atoms with Gasteiger partial charge in [0, 0.05) is 17.1 Å². The molecule has 0 atom stereocenters. The van der Waals surface area contributed by atoms with Crippen molar-refractivity contribution in [3.8, 4) is 11.5 Å². The van der Waals surface area contributed by atoms with Crippen LogP contribution in [0.2, 0.25) is 0 Å². The number of nitrogens with two attached hydrogens (primary N) is 1. The Bertz CT molecular complexity index is 741. The Kier molecular flexibility index (Phi) is 6.40. The van der Waals surface area contributed by atoms with Crippen molar-refractivity contribution < 1.29 is 19.4 Å². The fourth-order valence-corrected chi connectivity index (χ4v) is 2.35. The highest BCUT2D eigenvalue weighted by Gasteiger charge is 2.18. The van der Waals surface area contributed by atoms with Gasteiger partial charge in [-0.25, -0.2) is 4.79 Å². The first-order chi connectivity index (χ1) is 11.5. The molecule has 0 radical (unpaired) electrons. The van der Waals surface area contributed by atoms with Crippen molar-refractivity contribution in [2.45, 2.75) is 6.61 Å². The number of ether oxygens (including phenoxy) is 2. The molecule has 126 valence electrons. The largest absolute Gasteiger partial charge is 0.507 e. The van der Waals surface area contributed by atoms with Gasteiger partial charge in [0.25, 0.3) is 0 Å². The van der Waals surface area contributed by atoms with Crippen LogP contribution in [-0.2, 0) is 11.3 Å². The minimum Gasteiger partial charge on any atom is -0.507 e. The van der Waals surface area contributed by atoms with Crippen LogP contribution in [0.5, 0.6) is 11.5 Å². The average molecular weight is 392 g/mol. The number of benzene rings is 2. The lowest BCUT2D eigenvalue weighted by Crippen LogP contribution is -2.08. The number of phenols is 1. The molecule has 0 unspecified atom stereocenters. The Labute approximate surface area is 148 Å². The summed E-state index contributed by atoms with van der Waals surface area (Å²) in [4.78, 5) is 12.4. The molecule has 0 heterocycles. The van der Waals surface area contributed by atoms with E-state index in [2.05, 4.69) is 15.9 Å². The second-order valence-electron chi connectivity index (χ2n) is 4.95. The lowest BCUT2D eigenvalue weighted by molar-refractivity contribution is 0.0469. The van der Waals surface area contributed by atoms with Crippen LogP contribution in [0.25, 0.3) is 6.08 Å². The number of hydrogen-bond donors (Lipinski definition) is 2. The Morgan fingerprint density at radius 3 is 2.62 bits per heavy atom. The third-order valence-electron chi connectivity index (χ3n) is 3.28. The van der Waals surface area contributed by atoms with E-state index in [0.29, 0.717) is 17.9 Å². The van der Waals surface area contributed by atoms with Gasteiger partial charge < -0.3 is 20.3 Å². The number of aromatic hydroxyl groups is 1. The molecule has 0 aliphatic heterocycles. The third kappa shape index (κ3) is 4.59. The van der Waals surface area contributed by atoms with Crippen LogP contribution in [0.3, 0.4) is 0 Å².